The Hall–Kier alpha value is -1.10. The van der Waals surface area contributed by atoms with E-state index in [1.807, 2.05) is 25.2 Å². The lowest BCUT2D eigenvalue weighted by Gasteiger charge is -2.17. The monoisotopic (exact) mass is 312 g/mol. The Morgan fingerprint density at radius 1 is 1.30 bits per heavy atom. The van der Waals surface area contributed by atoms with Gasteiger partial charge in [-0.2, -0.15) is 5.10 Å². The van der Waals surface area contributed by atoms with Gasteiger partial charge in [0.1, 0.15) is 6.33 Å². The van der Waals surface area contributed by atoms with Crippen LogP contribution in [0.3, 0.4) is 0 Å². The number of hydrogen-bond acceptors (Lipinski definition) is 3. The minimum atomic E-state index is 0.258. The molecule has 0 spiro atoms. The fourth-order valence-corrected chi connectivity index (χ4v) is 2.39. The van der Waals surface area contributed by atoms with Crippen LogP contribution in [0.1, 0.15) is 30.8 Å². The molecule has 6 heteroatoms. The summed E-state index contributed by atoms with van der Waals surface area (Å²) in [5, 5.41) is 8.94. The van der Waals surface area contributed by atoms with Crippen molar-refractivity contribution in [3.63, 3.8) is 0 Å². The molecule has 0 aliphatic rings. The first-order chi connectivity index (χ1) is 9.60. The highest BCUT2D eigenvalue weighted by molar-refractivity contribution is 6.42. The number of aromatic nitrogens is 3. The largest absolute Gasteiger partial charge is 0.310 e. The highest BCUT2D eigenvalue weighted by Gasteiger charge is 2.10. The second-order valence-electron chi connectivity index (χ2n) is 4.67. The van der Waals surface area contributed by atoms with Crippen LogP contribution in [0.4, 0.5) is 0 Å². The summed E-state index contributed by atoms with van der Waals surface area (Å²) in [6.07, 6.45) is 3.50. The summed E-state index contributed by atoms with van der Waals surface area (Å²) in [5.74, 6) is 0.851. The number of benzene rings is 1. The molecule has 0 saturated carbocycles. The molecule has 0 radical (unpaired) electrons. The van der Waals surface area contributed by atoms with Gasteiger partial charge in [-0.3, -0.25) is 4.68 Å². The first kappa shape index (κ1) is 15.3. The van der Waals surface area contributed by atoms with Crippen LogP contribution in [-0.2, 0) is 13.5 Å². The third kappa shape index (κ3) is 3.95. The standard InChI is InChI=1S/C14H18Cl2N4/c1-3-13(10-4-5-11(15)12(16)8-10)17-7-6-14-18-9-20(2)19-14/h4-5,8-9,13,17H,3,6-7H2,1-2H3. The van der Waals surface area contributed by atoms with E-state index in [2.05, 4.69) is 22.3 Å². The Labute approximate surface area is 129 Å². The Bertz CT molecular complexity index is 568. The van der Waals surface area contributed by atoms with E-state index in [1.165, 1.54) is 0 Å². The predicted octanol–water partition coefficient (Wildman–Crippen LogP) is 3.41. The number of halogens is 2. The molecule has 0 fully saturated rings. The minimum Gasteiger partial charge on any atom is -0.310 e. The molecule has 20 heavy (non-hydrogen) atoms. The SMILES string of the molecule is CCC(NCCc1ncn(C)n1)c1ccc(Cl)c(Cl)c1. The maximum atomic E-state index is 6.07. The van der Waals surface area contributed by atoms with E-state index >= 15 is 0 Å². The Morgan fingerprint density at radius 3 is 2.70 bits per heavy atom. The molecule has 108 valence electrons. The van der Waals surface area contributed by atoms with Crippen molar-refractivity contribution in [2.45, 2.75) is 25.8 Å². The van der Waals surface area contributed by atoms with E-state index in [-0.39, 0.29) is 6.04 Å². The molecule has 0 saturated heterocycles. The van der Waals surface area contributed by atoms with Gasteiger partial charge in [0, 0.05) is 26.1 Å². The van der Waals surface area contributed by atoms with Crippen LogP contribution in [0, 0.1) is 0 Å². The van der Waals surface area contributed by atoms with Gasteiger partial charge in [0.05, 0.1) is 10.0 Å². The van der Waals surface area contributed by atoms with Crippen molar-refractivity contribution in [2.24, 2.45) is 7.05 Å². The van der Waals surface area contributed by atoms with Crippen LogP contribution < -0.4 is 5.32 Å². The molecule has 1 aromatic carbocycles. The topological polar surface area (TPSA) is 42.7 Å². The number of rotatable bonds is 6. The molecule has 1 aromatic heterocycles. The average molecular weight is 313 g/mol. The smallest absolute Gasteiger partial charge is 0.151 e. The average Bonchev–Trinajstić information content (AvgIpc) is 2.84. The van der Waals surface area contributed by atoms with E-state index < -0.39 is 0 Å². The lowest BCUT2D eigenvalue weighted by molar-refractivity contribution is 0.518. The summed E-state index contributed by atoms with van der Waals surface area (Å²) >= 11 is 12.0. The first-order valence-corrected chi connectivity index (χ1v) is 7.38. The van der Waals surface area contributed by atoms with Gasteiger partial charge in [0.2, 0.25) is 0 Å². The van der Waals surface area contributed by atoms with Gasteiger partial charge in [-0.1, -0.05) is 36.2 Å². The summed E-state index contributed by atoms with van der Waals surface area (Å²) in [5.41, 5.74) is 1.15. The highest BCUT2D eigenvalue weighted by atomic mass is 35.5. The molecule has 1 atom stereocenters. The minimum absolute atomic E-state index is 0.258. The van der Waals surface area contributed by atoms with Crippen molar-refractivity contribution >= 4 is 23.2 Å². The molecule has 2 aromatic rings. The van der Waals surface area contributed by atoms with E-state index in [0.717, 1.165) is 30.8 Å². The predicted molar refractivity (Wildman–Crippen MR) is 82.2 cm³/mol. The summed E-state index contributed by atoms with van der Waals surface area (Å²) in [7, 11) is 1.87. The van der Waals surface area contributed by atoms with Gasteiger partial charge in [0.25, 0.3) is 0 Å². The number of aryl methyl sites for hydroxylation is 1. The van der Waals surface area contributed by atoms with Crippen molar-refractivity contribution in [3.05, 3.63) is 46.0 Å². The second-order valence-corrected chi connectivity index (χ2v) is 5.49. The third-order valence-electron chi connectivity index (χ3n) is 3.14. The van der Waals surface area contributed by atoms with Crippen molar-refractivity contribution in [1.29, 1.82) is 0 Å². The summed E-state index contributed by atoms with van der Waals surface area (Å²) < 4.78 is 1.71. The van der Waals surface area contributed by atoms with Gasteiger partial charge < -0.3 is 5.32 Å². The molecule has 4 nitrogen and oxygen atoms in total. The Morgan fingerprint density at radius 2 is 2.10 bits per heavy atom. The maximum absolute atomic E-state index is 6.07. The number of nitrogens with one attached hydrogen (secondary N) is 1. The van der Waals surface area contributed by atoms with Crippen LogP contribution in [0.15, 0.2) is 24.5 Å². The Kier molecular flexibility index (Phi) is 5.40. The van der Waals surface area contributed by atoms with Crippen LogP contribution in [0.25, 0.3) is 0 Å². The van der Waals surface area contributed by atoms with Crippen LogP contribution in [0.5, 0.6) is 0 Å². The fraction of sp³-hybridized carbons (Fsp3) is 0.429. The van der Waals surface area contributed by atoms with Crippen molar-refractivity contribution in [3.8, 4) is 0 Å². The van der Waals surface area contributed by atoms with Gasteiger partial charge in [-0.15, -0.1) is 0 Å². The quantitative estimate of drug-likeness (QED) is 0.889. The van der Waals surface area contributed by atoms with Crippen LogP contribution in [0.2, 0.25) is 10.0 Å². The summed E-state index contributed by atoms with van der Waals surface area (Å²) in [6, 6.07) is 6.02. The molecule has 1 N–H and O–H groups in total. The second kappa shape index (κ2) is 7.07. The molecule has 2 rings (SSSR count). The van der Waals surface area contributed by atoms with Gasteiger partial charge >= 0.3 is 0 Å². The lowest BCUT2D eigenvalue weighted by atomic mass is 10.0. The van der Waals surface area contributed by atoms with Gasteiger partial charge in [-0.05, 0) is 24.1 Å². The third-order valence-corrected chi connectivity index (χ3v) is 3.88. The number of nitrogens with zero attached hydrogens (tertiary/aromatic N) is 3. The summed E-state index contributed by atoms with van der Waals surface area (Å²) in [4.78, 5) is 4.21. The molecule has 0 amide bonds. The molecule has 1 unspecified atom stereocenters. The van der Waals surface area contributed by atoms with Crippen molar-refractivity contribution in [2.75, 3.05) is 6.54 Å². The van der Waals surface area contributed by atoms with Crippen LogP contribution >= 0.6 is 23.2 Å². The lowest BCUT2D eigenvalue weighted by Crippen LogP contribution is -2.23. The van der Waals surface area contributed by atoms with Crippen LogP contribution in [-0.4, -0.2) is 21.3 Å². The Balaban J connectivity index is 1.93. The van der Waals surface area contributed by atoms with Gasteiger partial charge in [-0.25, -0.2) is 4.98 Å². The molecule has 0 aliphatic heterocycles. The molecule has 0 bridgehead atoms. The first-order valence-electron chi connectivity index (χ1n) is 6.63. The zero-order valence-electron chi connectivity index (χ0n) is 11.6. The molecular weight excluding hydrogens is 295 g/mol. The fourth-order valence-electron chi connectivity index (χ4n) is 2.08. The van der Waals surface area contributed by atoms with E-state index in [1.54, 1.807) is 11.0 Å². The zero-order valence-corrected chi connectivity index (χ0v) is 13.1. The summed E-state index contributed by atoms with van der Waals surface area (Å²) in [6.45, 7) is 2.96. The zero-order chi connectivity index (χ0) is 14.5. The molecule has 0 aliphatic carbocycles. The molecule has 1 heterocycles. The highest BCUT2D eigenvalue weighted by Crippen LogP contribution is 2.26. The van der Waals surface area contributed by atoms with E-state index in [4.69, 9.17) is 23.2 Å². The molecular formula is C14H18Cl2N4. The normalized spacial score (nSPS) is 12.6. The van der Waals surface area contributed by atoms with Crippen molar-refractivity contribution in [1.82, 2.24) is 20.1 Å². The maximum Gasteiger partial charge on any atom is 0.151 e. The number of hydrogen-bond donors (Lipinski definition) is 1. The van der Waals surface area contributed by atoms with Gasteiger partial charge in [0.15, 0.2) is 5.82 Å². The van der Waals surface area contributed by atoms with E-state index in [0.29, 0.717) is 10.0 Å². The van der Waals surface area contributed by atoms with Crippen molar-refractivity contribution < 1.29 is 0 Å². The van der Waals surface area contributed by atoms with E-state index in [9.17, 15) is 0 Å².